The number of carbonyl (C=O) groups excluding carboxylic acids is 2. The maximum atomic E-state index is 11.9. The number of nitrogens with zero attached hydrogens (tertiary/aromatic N) is 4. The van der Waals surface area contributed by atoms with Gasteiger partial charge in [-0.3, -0.25) is 9.59 Å². The first-order valence-electron chi connectivity index (χ1n) is 7.73. The molecular weight excluding hydrogens is 371 g/mol. The van der Waals surface area contributed by atoms with Crippen molar-refractivity contribution < 1.29 is 33.6 Å². The molecule has 144 valence electrons. The van der Waals surface area contributed by atoms with Gasteiger partial charge >= 0.3 is 19.1 Å². The standard InChI is InChI=1S/C16H15BN4O7/c1-25-13-9-5-3-7-11(13)15(22)18-20-27-17(24)28-21-19-16(23)12-8-4-6-10-14(12)26-2/h3-10,24H,1-2H3. The molecule has 12 heteroatoms. The highest BCUT2D eigenvalue weighted by atomic mass is 16.8. The summed E-state index contributed by atoms with van der Waals surface area (Å²) in [5.74, 6) is -0.936. The van der Waals surface area contributed by atoms with Gasteiger partial charge in [-0.1, -0.05) is 34.5 Å². The van der Waals surface area contributed by atoms with Gasteiger partial charge in [-0.05, 0) is 24.3 Å². The summed E-state index contributed by atoms with van der Waals surface area (Å²) in [6.45, 7) is 0. The van der Waals surface area contributed by atoms with E-state index in [1.165, 1.54) is 26.4 Å². The van der Waals surface area contributed by atoms with Crippen LogP contribution in [0.15, 0.2) is 69.3 Å². The smallest absolute Gasteiger partial charge is 0.496 e. The molecular formula is C16H15BN4O7. The van der Waals surface area contributed by atoms with Crippen molar-refractivity contribution in [1.29, 1.82) is 0 Å². The Balaban J connectivity index is 1.86. The summed E-state index contributed by atoms with van der Waals surface area (Å²) in [5, 5.41) is 22.0. The van der Waals surface area contributed by atoms with Gasteiger partial charge in [-0.2, -0.15) is 0 Å². The number of methoxy groups -OCH3 is 2. The van der Waals surface area contributed by atoms with Crippen LogP contribution in [0.25, 0.3) is 0 Å². The maximum absolute atomic E-state index is 11.9. The number of rotatable bonds is 8. The van der Waals surface area contributed by atoms with E-state index < -0.39 is 19.1 Å². The minimum atomic E-state index is -2.04. The molecule has 1 N–H and O–H groups in total. The number of benzene rings is 2. The Labute approximate surface area is 159 Å². The fourth-order valence-electron chi connectivity index (χ4n) is 1.97. The number of hydrogen-bond donors (Lipinski definition) is 1. The molecule has 0 unspecified atom stereocenters. The molecule has 2 amide bonds. The third kappa shape index (κ3) is 5.61. The molecule has 2 aromatic carbocycles. The summed E-state index contributed by atoms with van der Waals surface area (Å²) in [4.78, 5) is 23.8. The minimum absolute atomic E-state index is 0.148. The SMILES string of the molecule is COc1ccccc1C(=O)N=NOB(O)ON=NC(=O)c1ccccc1OC. The van der Waals surface area contributed by atoms with Crippen molar-refractivity contribution in [1.82, 2.24) is 0 Å². The Morgan fingerprint density at radius 3 is 1.57 bits per heavy atom. The van der Waals surface area contributed by atoms with Crippen molar-refractivity contribution in [2.24, 2.45) is 20.8 Å². The summed E-state index contributed by atoms with van der Waals surface area (Å²) < 4.78 is 18.8. The van der Waals surface area contributed by atoms with Gasteiger partial charge < -0.3 is 24.0 Å². The monoisotopic (exact) mass is 386 g/mol. The van der Waals surface area contributed by atoms with Gasteiger partial charge in [0, 0.05) is 10.6 Å². The van der Waals surface area contributed by atoms with E-state index >= 15 is 0 Å². The Morgan fingerprint density at radius 1 is 0.786 bits per heavy atom. The molecule has 0 aliphatic rings. The summed E-state index contributed by atoms with van der Waals surface area (Å²) in [6, 6.07) is 12.7. The average molecular weight is 386 g/mol. The van der Waals surface area contributed by atoms with Gasteiger partial charge in [-0.15, -0.1) is 0 Å². The fourth-order valence-corrected chi connectivity index (χ4v) is 1.97. The zero-order valence-corrected chi connectivity index (χ0v) is 14.9. The van der Waals surface area contributed by atoms with Crippen molar-refractivity contribution in [2.45, 2.75) is 0 Å². The van der Waals surface area contributed by atoms with Crippen LogP contribution in [-0.2, 0) is 9.51 Å². The lowest BCUT2D eigenvalue weighted by molar-refractivity contribution is 0.0909. The molecule has 0 spiro atoms. The van der Waals surface area contributed by atoms with E-state index in [0.29, 0.717) is 11.5 Å². The van der Waals surface area contributed by atoms with Gasteiger partial charge in [0.05, 0.1) is 25.3 Å². The molecule has 0 aliphatic carbocycles. The van der Waals surface area contributed by atoms with E-state index in [1.807, 2.05) is 0 Å². The normalized spacial score (nSPS) is 10.7. The van der Waals surface area contributed by atoms with Gasteiger partial charge in [0.1, 0.15) is 11.5 Å². The van der Waals surface area contributed by atoms with Gasteiger partial charge in [0.15, 0.2) is 0 Å². The second-order valence-corrected chi connectivity index (χ2v) is 4.89. The van der Waals surface area contributed by atoms with E-state index in [2.05, 4.69) is 30.3 Å². The highest BCUT2D eigenvalue weighted by molar-refractivity contribution is 6.34. The molecule has 0 aromatic heterocycles. The van der Waals surface area contributed by atoms with Crippen molar-refractivity contribution in [3.63, 3.8) is 0 Å². The third-order valence-electron chi connectivity index (χ3n) is 3.21. The lowest BCUT2D eigenvalue weighted by Crippen LogP contribution is -2.17. The van der Waals surface area contributed by atoms with Crippen LogP contribution in [0.4, 0.5) is 0 Å². The van der Waals surface area contributed by atoms with Crippen molar-refractivity contribution >= 4 is 19.1 Å². The summed E-state index contributed by atoms with van der Waals surface area (Å²) in [6.07, 6.45) is 0. The lowest BCUT2D eigenvalue weighted by atomic mass is 10.2. The molecule has 0 fully saturated rings. The van der Waals surface area contributed by atoms with Crippen LogP contribution in [0.1, 0.15) is 20.7 Å². The van der Waals surface area contributed by atoms with E-state index in [0.717, 1.165) is 0 Å². The van der Waals surface area contributed by atoms with E-state index in [9.17, 15) is 14.6 Å². The van der Waals surface area contributed by atoms with Gasteiger partial charge in [0.2, 0.25) is 0 Å². The number of ether oxygens (including phenoxy) is 2. The number of para-hydroxylation sites is 2. The van der Waals surface area contributed by atoms with Gasteiger partial charge in [0.25, 0.3) is 0 Å². The molecule has 0 radical (unpaired) electrons. The van der Waals surface area contributed by atoms with Crippen LogP contribution in [0.5, 0.6) is 11.5 Å². The van der Waals surface area contributed by atoms with Gasteiger partial charge in [-0.25, -0.2) is 0 Å². The molecule has 0 saturated carbocycles. The van der Waals surface area contributed by atoms with E-state index in [-0.39, 0.29) is 11.1 Å². The number of carbonyl (C=O) groups is 2. The fraction of sp³-hybridized carbons (Fsp3) is 0.125. The predicted molar refractivity (Wildman–Crippen MR) is 94.5 cm³/mol. The first-order chi connectivity index (χ1) is 13.6. The maximum Gasteiger partial charge on any atom is 0.831 e. The predicted octanol–water partition coefficient (Wildman–Crippen LogP) is 2.43. The van der Waals surface area contributed by atoms with Crippen LogP contribution in [0.2, 0.25) is 0 Å². The largest absolute Gasteiger partial charge is 0.831 e. The molecule has 2 aromatic rings. The lowest BCUT2D eigenvalue weighted by Gasteiger charge is -2.03. The topological polar surface area (TPSA) is 141 Å². The first kappa shape index (κ1) is 20.5. The summed E-state index contributed by atoms with van der Waals surface area (Å²) in [5.41, 5.74) is 0.296. The second-order valence-electron chi connectivity index (χ2n) is 4.89. The Bertz CT molecular complexity index is 819. The molecule has 0 heterocycles. The highest BCUT2D eigenvalue weighted by Gasteiger charge is 2.22. The third-order valence-corrected chi connectivity index (χ3v) is 3.21. The average Bonchev–Trinajstić information content (AvgIpc) is 2.73. The summed E-state index contributed by atoms with van der Waals surface area (Å²) >= 11 is 0. The molecule has 0 bridgehead atoms. The molecule has 0 aliphatic heterocycles. The van der Waals surface area contributed by atoms with Crippen LogP contribution in [0, 0.1) is 0 Å². The zero-order chi connectivity index (χ0) is 20.4. The van der Waals surface area contributed by atoms with Crippen molar-refractivity contribution in [3.05, 3.63) is 59.7 Å². The zero-order valence-electron chi connectivity index (χ0n) is 14.9. The molecule has 11 nitrogen and oxygen atoms in total. The Kier molecular flexibility index (Phi) is 7.60. The minimum Gasteiger partial charge on any atom is -0.496 e. The second kappa shape index (κ2) is 10.4. The molecule has 0 saturated heterocycles. The van der Waals surface area contributed by atoms with Crippen LogP contribution in [-0.4, -0.2) is 38.4 Å². The number of amides is 2. The molecule has 0 atom stereocenters. The van der Waals surface area contributed by atoms with Crippen LogP contribution < -0.4 is 9.47 Å². The van der Waals surface area contributed by atoms with Crippen LogP contribution in [0.3, 0.4) is 0 Å². The first-order valence-corrected chi connectivity index (χ1v) is 7.73. The molecule has 28 heavy (non-hydrogen) atoms. The quantitative estimate of drug-likeness (QED) is 0.417. The highest BCUT2D eigenvalue weighted by Crippen LogP contribution is 2.19. The van der Waals surface area contributed by atoms with E-state index in [1.54, 1.807) is 36.4 Å². The Morgan fingerprint density at radius 2 is 1.18 bits per heavy atom. The molecule has 2 rings (SSSR count). The number of hydrogen-bond acceptors (Lipinski definition) is 9. The summed E-state index contributed by atoms with van der Waals surface area (Å²) in [7, 11) is 0.757. The van der Waals surface area contributed by atoms with E-state index in [4.69, 9.17) is 9.47 Å². The Hall–Kier alpha value is -3.80. The van der Waals surface area contributed by atoms with Crippen molar-refractivity contribution in [3.8, 4) is 11.5 Å². The van der Waals surface area contributed by atoms with Crippen LogP contribution >= 0.6 is 0 Å². The van der Waals surface area contributed by atoms with Crippen molar-refractivity contribution in [2.75, 3.05) is 14.2 Å².